The standard InChI is InChI=1S/C15H20F3NO/c1-2-10-3-6-12(7-4-10)20-14-8-5-11(9-13(14)19)15(16,17)18/h5,8-10,12H,2-4,6-7,19H2,1H3. The van der Waals surface area contributed by atoms with Crippen molar-refractivity contribution < 1.29 is 17.9 Å². The van der Waals surface area contributed by atoms with Crippen LogP contribution in [0.1, 0.15) is 44.6 Å². The van der Waals surface area contributed by atoms with E-state index in [1.807, 2.05) is 0 Å². The summed E-state index contributed by atoms with van der Waals surface area (Å²) in [5.74, 6) is 1.11. The van der Waals surface area contributed by atoms with Crippen LogP contribution >= 0.6 is 0 Å². The third kappa shape index (κ3) is 3.58. The minimum absolute atomic E-state index is 0.0532. The number of anilines is 1. The molecule has 1 aliphatic rings. The Balaban J connectivity index is 2.00. The zero-order chi connectivity index (χ0) is 14.8. The molecule has 0 radical (unpaired) electrons. The topological polar surface area (TPSA) is 35.2 Å². The van der Waals surface area contributed by atoms with Gasteiger partial charge in [-0.3, -0.25) is 0 Å². The van der Waals surface area contributed by atoms with Crippen LogP contribution in [0.4, 0.5) is 18.9 Å². The number of halogens is 3. The second-order valence-corrected chi connectivity index (χ2v) is 5.42. The Kier molecular flexibility index (Phi) is 4.45. The molecule has 0 atom stereocenters. The minimum Gasteiger partial charge on any atom is -0.488 e. The molecule has 0 amide bonds. The summed E-state index contributed by atoms with van der Waals surface area (Å²) in [6.07, 6.45) is 0.985. The molecule has 0 bridgehead atoms. The minimum atomic E-state index is -4.37. The van der Waals surface area contributed by atoms with Crippen molar-refractivity contribution in [3.05, 3.63) is 23.8 Å². The van der Waals surface area contributed by atoms with Gasteiger partial charge in [-0.1, -0.05) is 13.3 Å². The summed E-state index contributed by atoms with van der Waals surface area (Å²) in [6, 6.07) is 3.28. The van der Waals surface area contributed by atoms with E-state index in [0.717, 1.165) is 43.7 Å². The number of hydrogen-bond donors (Lipinski definition) is 1. The first-order chi connectivity index (χ1) is 9.40. The zero-order valence-electron chi connectivity index (χ0n) is 11.5. The maximum Gasteiger partial charge on any atom is 0.416 e. The fraction of sp³-hybridized carbons (Fsp3) is 0.600. The molecule has 0 aliphatic heterocycles. The highest BCUT2D eigenvalue weighted by atomic mass is 19.4. The van der Waals surface area contributed by atoms with Gasteiger partial charge in [0.1, 0.15) is 5.75 Å². The third-order valence-corrected chi connectivity index (χ3v) is 4.00. The summed E-state index contributed by atoms with van der Waals surface area (Å²) in [6.45, 7) is 2.18. The second kappa shape index (κ2) is 5.94. The molecule has 5 heteroatoms. The molecule has 2 N–H and O–H groups in total. The lowest BCUT2D eigenvalue weighted by molar-refractivity contribution is -0.137. The molecule has 2 nitrogen and oxygen atoms in total. The highest BCUT2D eigenvalue weighted by Gasteiger charge is 2.31. The lowest BCUT2D eigenvalue weighted by Crippen LogP contribution is -2.24. The number of benzene rings is 1. The molecule has 0 unspecified atom stereocenters. The van der Waals surface area contributed by atoms with Crippen molar-refractivity contribution in [3.8, 4) is 5.75 Å². The molecule has 1 aliphatic carbocycles. The predicted molar refractivity (Wildman–Crippen MR) is 72.5 cm³/mol. The summed E-state index contributed by atoms with van der Waals surface area (Å²) >= 11 is 0. The Labute approximate surface area is 117 Å². The van der Waals surface area contributed by atoms with E-state index >= 15 is 0 Å². The maximum absolute atomic E-state index is 12.5. The summed E-state index contributed by atoms with van der Waals surface area (Å²) in [5.41, 5.74) is 4.98. The van der Waals surface area contributed by atoms with Crippen LogP contribution in [-0.4, -0.2) is 6.10 Å². The zero-order valence-corrected chi connectivity index (χ0v) is 11.5. The normalized spacial score (nSPS) is 23.6. The van der Waals surface area contributed by atoms with Gasteiger partial charge in [-0.25, -0.2) is 0 Å². The van der Waals surface area contributed by atoms with Crippen molar-refractivity contribution in [2.75, 3.05) is 5.73 Å². The quantitative estimate of drug-likeness (QED) is 0.822. The molecule has 2 rings (SSSR count). The number of nitrogens with two attached hydrogens (primary N) is 1. The van der Waals surface area contributed by atoms with E-state index in [0.29, 0.717) is 5.75 Å². The first kappa shape index (κ1) is 15.0. The molecule has 20 heavy (non-hydrogen) atoms. The van der Waals surface area contributed by atoms with Crippen LogP contribution in [0.2, 0.25) is 0 Å². The van der Waals surface area contributed by atoms with Crippen molar-refractivity contribution in [2.45, 2.75) is 51.3 Å². The summed E-state index contributed by atoms with van der Waals surface area (Å²) in [5, 5.41) is 0. The molecule has 0 spiro atoms. The molecule has 0 saturated heterocycles. The van der Waals surface area contributed by atoms with E-state index in [-0.39, 0.29) is 11.8 Å². The van der Waals surface area contributed by atoms with Crippen LogP contribution in [0.5, 0.6) is 5.75 Å². The van der Waals surface area contributed by atoms with Crippen molar-refractivity contribution in [1.29, 1.82) is 0 Å². The van der Waals surface area contributed by atoms with E-state index in [2.05, 4.69) is 6.92 Å². The average molecular weight is 287 g/mol. The van der Waals surface area contributed by atoms with E-state index < -0.39 is 11.7 Å². The van der Waals surface area contributed by atoms with Gasteiger partial charge in [0.25, 0.3) is 0 Å². The van der Waals surface area contributed by atoms with Gasteiger partial charge < -0.3 is 10.5 Å². The Morgan fingerprint density at radius 1 is 1.20 bits per heavy atom. The van der Waals surface area contributed by atoms with Gasteiger partial charge in [-0.2, -0.15) is 13.2 Å². The maximum atomic E-state index is 12.5. The smallest absolute Gasteiger partial charge is 0.416 e. The van der Waals surface area contributed by atoms with Gasteiger partial charge in [0, 0.05) is 0 Å². The fourth-order valence-electron chi connectivity index (χ4n) is 2.67. The van der Waals surface area contributed by atoms with Crippen LogP contribution in [0.25, 0.3) is 0 Å². The van der Waals surface area contributed by atoms with Crippen LogP contribution in [0, 0.1) is 5.92 Å². The van der Waals surface area contributed by atoms with Gasteiger partial charge in [0.2, 0.25) is 0 Å². The van der Waals surface area contributed by atoms with Gasteiger partial charge >= 0.3 is 6.18 Å². The number of alkyl halides is 3. The van der Waals surface area contributed by atoms with Crippen molar-refractivity contribution >= 4 is 5.69 Å². The van der Waals surface area contributed by atoms with Gasteiger partial charge in [-0.15, -0.1) is 0 Å². The Bertz CT molecular complexity index is 451. The lowest BCUT2D eigenvalue weighted by Gasteiger charge is -2.28. The lowest BCUT2D eigenvalue weighted by atomic mass is 9.86. The predicted octanol–water partition coefficient (Wildman–Crippen LogP) is 4.64. The number of rotatable bonds is 3. The van der Waals surface area contributed by atoms with Crippen LogP contribution in [0.3, 0.4) is 0 Å². The first-order valence-corrected chi connectivity index (χ1v) is 7.03. The van der Waals surface area contributed by atoms with Crippen molar-refractivity contribution in [1.82, 2.24) is 0 Å². The van der Waals surface area contributed by atoms with E-state index in [4.69, 9.17) is 10.5 Å². The molecule has 0 aromatic heterocycles. The van der Waals surface area contributed by atoms with Gasteiger partial charge in [0.15, 0.2) is 0 Å². The molecular formula is C15H20F3NO. The molecule has 1 saturated carbocycles. The van der Waals surface area contributed by atoms with Crippen LogP contribution < -0.4 is 10.5 Å². The molecular weight excluding hydrogens is 267 g/mol. The molecule has 1 aromatic carbocycles. The Morgan fingerprint density at radius 3 is 2.35 bits per heavy atom. The SMILES string of the molecule is CCC1CCC(Oc2ccc(C(F)(F)F)cc2N)CC1. The number of hydrogen-bond acceptors (Lipinski definition) is 2. The second-order valence-electron chi connectivity index (χ2n) is 5.42. The number of nitrogen functional groups attached to an aromatic ring is 1. The molecule has 0 heterocycles. The van der Waals surface area contributed by atoms with E-state index in [9.17, 15) is 13.2 Å². The molecule has 1 fully saturated rings. The highest BCUT2D eigenvalue weighted by molar-refractivity contribution is 5.54. The van der Waals surface area contributed by atoms with Gasteiger partial charge in [0.05, 0.1) is 17.4 Å². The van der Waals surface area contributed by atoms with Gasteiger partial charge in [-0.05, 0) is 49.8 Å². The van der Waals surface area contributed by atoms with Crippen LogP contribution in [0.15, 0.2) is 18.2 Å². The van der Waals surface area contributed by atoms with Crippen molar-refractivity contribution in [2.24, 2.45) is 5.92 Å². The monoisotopic (exact) mass is 287 g/mol. The fourth-order valence-corrected chi connectivity index (χ4v) is 2.67. The summed E-state index contributed by atoms with van der Waals surface area (Å²) < 4.78 is 43.4. The largest absolute Gasteiger partial charge is 0.488 e. The summed E-state index contributed by atoms with van der Waals surface area (Å²) in [7, 11) is 0. The highest BCUT2D eigenvalue weighted by Crippen LogP contribution is 2.35. The van der Waals surface area contributed by atoms with E-state index in [1.54, 1.807) is 0 Å². The molecule has 112 valence electrons. The Morgan fingerprint density at radius 2 is 1.85 bits per heavy atom. The summed E-state index contributed by atoms with van der Waals surface area (Å²) in [4.78, 5) is 0. The Hall–Kier alpha value is -1.39. The third-order valence-electron chi connectivity index (χ3n) is 4.00. The van der Waals surface area contributed by atoms with E-state index in [1.165, 1.54) is 12.5 Å². The molecule has 1 aromatic rings. The average Bonchev–Trinajstić information content (AvgIpc) is 2.41. The van der Waals surface area contributed by atoms with Crippen LogP contribution in [-0.2, 0) is 6.18 Å². The first-order valence-electron chi connectivity index (χ1n) is 7.03. The van der Waals surface area contributed by atoms with Crippen molar-refractivity contribution in [3.63, 3.8) is 0 Å². The number of ether oxygens (including phenoxy) is 1.